The van der Waals surface area contributed by atoms with E-state index in [4.69, 9.17) is 0 Å². The van der Waals surface area contributed by atoms with E-state index in [1.807, 2.05) is 12.1 Å². The largest absolute Gasteiger partial charge is 0.353 e. The van der Waals surface area contributed by atoms with Crippen LogP contribution in [0.25, 0.3) is 0 Å². The molecule has 4 rings (SSSR count). The lowest BCUT2D eigenvalue weighted by atomic mass is 10.1. The molecule has 3 aromatic rings. The van der Waals surface area contributed by atoms with E-state index in [0.717, 1.165) is 11.4 Å². The molecule has 2 amide bonds. The molecule has 0 aliphatic carbocycles. The Kier molecular flexibility index (Phi) is 3.59. The summed E-state index contributed by atoms with van der Waals surface area (Å²) in [6, 6.07) is 10.6. The van der Waals surface area contributed by atoms with E-state index in [9.17, 15) is 9.59 Å². The zero-order valence-corrected chi connectivity index (χ0v) is 13.0. The van der Waals surface area contributed by atoms with E-state index in [1.54, 1.807) is 49.1 Å². The Balaban J connectivity index is 1.78. The number of imide groups is 1. The minimum Gasteiger partial charge on any atom is -0.353 e. The van der Waals surface area contributed by atoms with Gasteiger partial charge in [0.25, 0.3) is 11.8 Å². The summed E-state index contributed by atoms with van der Waals surface area (Å²) < 4.78 is 0. The van der Waals surface area contributed by atoms with Crippen molar-refractivity contribution < 1.29 is 9.59 Å². The van der Waals surface area contributed by atoms with E-state index in [-0.39, 0.29) is 0 Å². The molecule has 7 heteroatoms. The van der Waals surface area contributed by atoms with Crippen molar-refractivity contribution in [2.45, 2.75) is 0 Å². The Hall–Kier alpha value is -3.74. The van der Waals surface area contributed by atoms with Gasteiger partial charge in [-0.2, -0.15) is 0 Å². The minimum absolute atomic E-state index is 0.341. The van der Waals surface area contributed by atoms with Crippen molar-refractivity contribution in [2.24, 2.45) is 0 Å². The number of anilines is 4. The summed E-state index contributed by atoms with van der Waals surface area (Å²) in [5.41, 5.74) is 3.52. The maximum absolute atomic E-state index is 11.9. The number of amides is 2. The molecule has 0 bridgehead atoms. The molecule has 0 atom stereocenters. The number of carbonyl (C=O) groups excluding carboxylic acids is 2. The van der Waals surface area contributed by atoms with Crippen LogP contribution in [0.5, 0.6) is 0 Å². The van der Waals surface area contributed by atoms with Crippen LogP contribution >= 0.6 is 0 Å². The highest BCUT2D eigenvalue weighted by molar-refractivity contribution is 6.22. The van der Waals surface area contributed by atoms with Gasteiger partial charge in [0.2, 0.25) is 0 Å². The van der Waals surface area contributed by atoms with Gasteiger partial charge in [0.15, 0.2) is 0 Å². The van der Waals surface area contributed by atoms with Gasteiger partial charge in [-0.25, -0.2) is 0 Å². The molecule has 1 aromatic carbocycles. The van der Waals surface area contributed by atoms with Crippen LogP contribution in [0.2, 0.25) is 0 Å². The molecule has 0 radical (unpaired) electrons. The van der Waals surface area contributed by atoms with Gasteiger partial charge in [0.05, 0.1) is 46.3 Å². The Morgan fingerprint density at radius 2 is 1.24 bits per heavy atom. The Bertz CT molecular complexity index is 879. The van der Waals surface area contributed by atoms with Crippen molar-refractivity contribution in [3.8, 4) is 0 Å². The zero-order chi connectivity index (χ0) is 17.2. The fourth-order valence-corrected chi connectivity index (χ4v) is 2.60. The average Bonchev–Trinajstić information content (AvgIpc) is 2.90. The maximum atomic E-state index is 11.9. The molecule has 0 saturated carbocycles. The first-order valence-corrected chi connectivity index (χ1v) is 7.58. The Morgan fingerprint density at radius 3 is 1.64 bits per heavy atom. The Labute approximate surface area is 143 Å². The van der Waals surface area contributed by atoms with Gasteiger partial charge in [-0.05, 0) is 36.4 Å². The van der Waals surface area contributed by atoms with Gasteiger partial charge in [0, 0.05) is 12.4 Å². The van der Waals surface area contributed by atoms with E-state index in [2.05, 4.69) is 25.9 Å². The van der Waals surface area contributed by atoms with Crippen LogP contribution in [0.15, 0.2) is 61.2 Å². The summed E-state index contributed by atoms with van der Waals surface area (Å²) in [5, 5.41) is 8.75. The number of rotatable bonds is 4. The fourth-order valence-electron chi connectivity index (χ4n) is 2.60. The molecule has 1 aliphatic heterocycles. The van der Waals surface area contributed by atoms with Crippen molar-refractivity contribution in [1.29, 1.82) is 0 Å². The molecule has 25 heavy (non-hydrogen) atoms. The molecular formula is C18H13N5O2. The highest BCUT2D eigenvalue weighted by Gasteiger charge is 2.28. The number of hydrogen-bond donors (Lipinski definition) is 3. The molecule has 0 saturated heterocycles. The van der Waals surface area contributed by atoms with Crippen molar-refractivity contribution in [1.82, 2.24) is 15.3 Å². The van der Waals surface area contributed by atoms with Crippen molar-refractivity contribution >= 4 is 34.6 Å². The molecule has 2 aromatic heterocycles. The van der Waals surface area contributed by atoms with Gasteiger partial charge in [-0.1, -0.05) is 0 Å². The summed E-state index contributed by atoms with van der Waals surface area (Å²) in [6.45, 7) is 0. The normalized spacial score (nSPS) is 12.5. The van der Waals surface area contributed by atoms with Gasteiger partial charge in [0.1, 0.15) is 0 Å². The number of pyridine rings is 2. The highest BCUT2D eigenvalue weighted by Crippen LogP contribution is 2.33. The first-order chi connectivity index (χ1) is 12.2. The molecule has 3 N–H and O–H groups in total. The quantitative estimate of drug-likeness (QED) is 0.636. The summed E-state index contributed by atoms with van der Waals surface area (Å²) in [6.07, 6.45) is 6.70. The predicted octanol–water partition coefficient (Wildman–Crippen LogP) is 2.85. The summed E-state index contributed by atoms with van der Waals surface area (Å²) in [7, 11) is 0. The van der Waals surface area contributed by atoms with Gasteiger partial charge in [-0.3, -0.25) is 24.9 Å². The second-order valence-electron chi connectivity index (χ2n) is 5.46. The van der Waals surface area contributed by atoms with Crippen LogP contribution in [0.3, 0.4) is 0 Å². The lowest BCUT2D eigenvalue weighted by molar-refractivity contribution is 0.0879. The van der Waals surface area contributed by atoms with E-state index in [0.29, 0.717) is 22.5 Å². The first-order valence-electron chi connectivity index (χ1n) is 7.58. The third kappa shape index (κ3) is 2.90. The molecule has 0 unspecified atom stereocenters. The number of benzene rings is 1. The number of carbonyl (C=O) groups is 2. The van der Waals surface area contributed by atoms with Crippen molar-refractivity contribution in [2.75, 3.05) is 10.6 Å². The van der Waals surface area contributed by atoms with Gasteiger partial charge < -0.3 is 10.6 Å². The summed E-state index contributed by atoms with van der Waals surface area (Å²) in [5.74, 6) is -0.802. The standard InChI is InChI=1S/C18H13N5O2/c24-17-13-7-15(21-11-3-1-5-19-9-11)16(8-14(13)18(25)23-17)22-12-4-2-6-20-10-12/h1-10,21-22H,(H,23,24,25). The average molecular weight is 331 g/mol. The zero-order valence-electron chi connectivity index (χ0n) is 13.0. The lowest BCUT2D eigenvalue weighted by Gasteiger charge is -2.15. The fraction of sp³-hybridized carbons (Fsp3) is 0. The first kappa shape index (κ1) is 14.8. The smallest absolute Gasteiger partial charge is 0.259 e. The molecule has 0 fully saturated rings. The second kappa shape index (κ2) is 6.04. The number of hydrogen-bond acceptors (Lipinski definition) is 6. The van der Waals surface area contributed by atoms with E-state index < -0.39 is 11.8 Å². The van der Waals surface area contributed by atoms with Crippen molar-refractivity contribution in [3.63, 3.8) is 0 Å². The van der Waals surface area contributed by atoms with Gasteiger partial charge >= 0.3 is 0 Å². The van der Waals surface area contributed by atoms with Crippen LogP contribution in [-0.4, -0.2) is 21.8 Å². The molecule has 0 spiro atoms. The van der Waals surface area contributed by atoms with Crippen molar-refractivity contribution in [3.05, 3.63) is 72.3 Å². The van der Waals surface area contributed by atoms with Crippen LogP contribution in [-0.2, 0) is 0 Å². The SMILES string of the molecule is O=C1NC(=O)c2cc(Nc3cccnc3)c(Nc3cccnc3)cc21. The minimum atomic E-state index is -0.401. The number of fused-ring (bicyclic) bond motifs is 1. The highest BCUT2D eigenvalue weighted by atomic mass is 16.2. The molecule has 3 heterocycles. The van der Waals surface area contributed by atoms with Crippen LogP contribution < -0.4 is 16.0 Å². The number of nitrogens with one attached hydrogen (secondary N) is 3. The molecule has 122 valence electrons. The van der Waals surface area contributed by atoms with Crippen LogP contribution in [0.4, 0.5) is 22.7 Å². The van der Waals surface area contributed by atoms with Crippen LogP contribution in [0, 0.1) is 0 Å². The summed E-state index contributed by atoms with van der Waals surface area (Å²) >= 11 is 0. The number of nitrogens with zero attached hydrogens (tertiary/aromatic N) is 2. The Morgan fingerprint density at radius 1 is 0.760 bits per heavy atom. The predicted molar refractivity (Wildman–Crippen MR) is 93.3 cm³/mol. The monoisotopic (exact) mass is 331 g/mol. The molecular weight excluding hydrogens is 318 g/mol. The second-order valence-corrected chi connectivity index (χ2v) is 5.46. The number of aromatic nitrogens is 2. The van der Waals surface area contributed by atoms with E-state index in [1.165, 1.54) is 0 Å². The maximum Gasteiger partial charge on any atom is 0.259 e. The third-order valence-corrected chi connectivity index (χ3v) is 3.76. The lowest BCUT2D eigenvalue weighted by Crippen LogP contribution is -2.19. The summed E-state index contributed by atoms with van der Waals surface area (Å²) in [4.78, 5) is 32.0. The van der Waals surface area contributed by atoms with Gasteiger partial charge in [-0.15, -0.1) is 0 Å². The molecule has 1 aliphatic rings. The topological polar surface area (TPSA) is 96.0 Å². The molecule has 7 nitrogen and oxygen atoms in total. The third-order valence-electron chi connectivity index (χ3n) is 3.76. The van der Waals surface area contributed by atoms with E-state index >= 15 is 0 Å². The van der Waals surface area contributed by atoms with Crippen LogP contribution in [0.1, 0.15) is 20.7 Å².